The van der Waals surface area contributed by atoms with Crippen LogP contribution in [0.3, 0.4) is 0 Å². The second-order valence-corrected chi connectivity index (χ2v) is 4.43. The van der Waals surface area contributed by atoms with Crippen LogP contribution in [0.1, 0.15) is 20.0 Å². The summed E-state index contributed by atoms with van der Waals surface area (Å²) >= 11 is 1.23. The van der Waals surface area contributed by atoms with Gasteiger partial charge in [0, 0.05) is 4.88 Å². The van der Waals surface area contributed by atoms with Crippen molar-refractivity contribution in [3.8, 4) is 10.4 Å². The van der Waals surface area contributed by atoms with Crippen molar-refractivity contribution in [2.45, 2.75) is 0 Å². The first kappa shape index (κ1) is 11.5. The number of rotatable bonds is 3. The number of carbonyl (C=O) groups is 2. The third-order valence-electron chi connectivity index (χ3n) is 2.23. The molecule has 0 atom stereocenters. The van der Waals surface area contributed by atoms with Crippen LogP contribution in [0.15, 0.2) is 30.3 Å². The van der Waals surface area contributed by atoms with Crippen molar-refractivity contribution in [3.05, 3.63) is 46.6 Å². The van der Waals surface area contributed by atoms with Crippen molar-refractivity contribution < 1.29 is 19.1 Å². The van der Waals surface area contributed by atoms with Gasteiger partial charge in [-0.15, -0.1) is 11.3 Å². The number of benzene rings is 1. The molecule has 17 heavy (non-hydrogen) atoms. The molecule has 0 spiro atoms. The molecule has 3 nitrogen and oxygen atoms in total. The van der Waals surface area contributed by atoms with Crippen molar-refractivity contribution >= 4 is 23.6 Å². The fourth-order valence-corrected chi connectivity index (χ4v) is 2.23. The highest BCUT2D eigenvalue weighted by molar-refractivity contribution is 7.17. The molecule has 2 aromatic rings. The Bertz CT molecular complexity index is 589. The van der Waals surface area contributed by atoms with Gasteiger partial charge < -0.3 is 5.11 Å². The fourth-order valence-electron chi connectivity index (χ4n) is 1.41. The van der Waals surface area contributed by atoms with Gasteiger partial charge in [-0.1, -0.05) is 6.07 Å². The summed E-state index contributed by atoms with van der Waals surface area (Å²) in [5, 5.41) is 8.69. The maximum absolute atomic E-state index is 13.4. The Morgan fingerprint density at radius 3 is 2.59 bits per heavy atom. The topological polar surface area (TPSA) is 54.4 Å². The normalized spacial score (nSPS) is 10.2. The molecule has 2 rings (SSSR count). The Labute approximate surface area is 100 Å². The summed E-state index contributed by atoms with van der Waals surface area (Å²) in [6.45, 7) is 0. The maximum atomic E-state index is 13.4. The van der Waals surface area contributed by atoms with Crippen molar-refractivity contribution in [1.29, 1.82) is 0 Å². The van der Waals surface area contributed by atoms with E-state index in [0.29, 0.717) is 10.4 Å². The third kappa shape index (κ3) is 2.24. The van der Waals surface area contributed by atoms with Crippen LogP contribution in [0, 0.1) is 5.82 Å². The first-order valence-corrected chi connectivity index (χ1v) is 5.51. The predicted octanol–water partition coefficient (Wildman–Crippen LogP) is 3.06. The molecule has 0 fully saturated rings. The van der Waals surface area contributed by atoms with Crippen LogP contribution in [-0.4, -0.2) is 17.4 Å². The number of hydrogen-bond donors (Lipinski definition) is 1. The standard InChI is InChI=1S/C12H7FO3S/c13-10-5-7(1-3-9(10)12(15)16)11-4-2-8(6-14)17-11/h1-6H,(H,15,16). The molecule has 1 aromatic heterocycles. The van der Waals surface area contributed by atoms with Crippen LogP contribution in [-0.2, 0) is 0 Å². The third-order valence-corrected chi connectivity index (χ3v) is 3.29. The van der Waals surface area contributed by atoms with E-state index >= 15 is 0 Å². The molecule has 0 radical (unpaired) electrons. The molecule has 0 saturated carbocycles. The van der Waals surface area contributed by atoms with E-state index in [1.165, 1.54) is 23.5 Å². The minimum atomic E-state index is -1.30. The van der Waals surface area contributed by atoms with Gasteiger partial charge in [0.2, 0.25) is 0 Å². The summed E-state index contributed by atoms with van der Waals surface area (Å²) < 4.78 is 13.4. The average Bonchev–Trinajstić information content (AvgIpc) is 2.76. The minimum absolute atomic E-state index is 0.360. The number of thiophene rings is 1. The SMILES string of the molecule is O=Cc1ccc(-c2ccc(C(=O)O)c(F)c2)s1. The summed E-state index contributed by atoms with van der Waals surface area (Å²) in [5.74, 6) is -2.08. The Morgan fingerprint density at radius 1 is 1.29 bits per heavy atom. The summed E-state index contributed by atoms with van der Waals surface area (Å²) in [6, 6.07) is 7.23. The molecule has 1 N–H and O–H groups in total. The summed E-state index contributed by atoms with van der Waals surface area (Å²) in [4.78, 5) is 22.4. The molecule has 5 heteroatoms. The highest BCUT2D eigenvalue weighted by Gasteiger charge is 2.11. The van der Waals surface area contributed by atoms with Crippen molar-refractivity contribution in [3.63, 3.8) is 0 Å². The summed E-state index contributed by atoms with van der Waals surface area (Å²) in [5.41, 5.74) is 0.200. The van der Waals surface area contributed by atoms with Crippen molar-refractivity contribution in [2.24, 2.45) is 0 Å². The predicted molar refractivity (Wildman–Crippen MR) is 62.1 cm³/mol. The van der Waals surface area contributed by atoms with Gasteiger partial charge in [0.05, 0.1) is 10.4 Å². The fraction of sp³-hybridized carbons (Fsp3) is 0. The molecule has 0 aliphatic heterocycles. The van der Waals surface area contributed by atoms with E-state index in [1.54, 1.807) is 12.1 Å². The number of carboxylic acid groups (broad SMARTS) is 1. The number of halogens is 1. The lowest BCUT2D eigenvalue weighted by Crippen LogP contribution is -1.99. The van der Waals surface area contributed by atoms with Gasteiger partial charge in [-0.05, 0) is 29.8 Å². The molecule has 0 aliphatic carbocycles. The van der Waals surface area contributed by atoms with Gasteiger partial charge >= 0.3 is 5.97 Å². The van der Waals surface area contributed by atoms with E-state index < -0.39 is 11.8 Å². The highest BCUT2D eigenvalue weighted by atomic mass is 32.1. The zero-order valence-electron chi connectivity index (χ0n) is 8.51. The monoisotopic (exact) mass is 250 g/mol. The second kappa shape index (κ2) is 4.47. The van der Waals surface area contributed by atoms with Gasteiger partial charge in [-0.25, -0.2) is 9.18 Å². The molecule has 0 aliphatic rings. The molecule has 1 aromatic carbocycles. The van der Waals surface area contributed by atoms with Gasteiger partial charge in [-0.2, -0.15) is 0 Å². The van der Waals surface area contributed by atoms with Crippen LogP contribution < -0.4 is 0 Å². The number of hydrogen-bond acceptors (Lipinski definition) is 3. The quantitative estimate of drug-likeness (QED) is 0.852. The van der Waals surface area contributed by atoms with Gasteiger partial charge in [0.25, 0.3) is 0 Å². The van der Waals surface area contributed by atoms with Crippen LogP contribution >= 0.6 is 11.3 Å². The molecular formula is C12H7FO3S. The van der Waals surface area contributed by atoms with E-state index in [-0.39, 0.29) is 5.56 Å². The number of carbonyl (C=O) groups excluding carboxylic acids is 1. The summed E-state index contributed by atoms with van der Waals surface area (Å²) in [7, 11) is 0. The Morgan fingerprint density at radius 2 is 2.06 bits per heavy atom. The van der Waals surface area contributed by atoms with E-state index in [1.807, 2.05) is 0 Å². The zero-order valence-corrected chi connectivity index (χ0v) is 9.33. The Hall–Kier alpha value is -2.01. The number of aldehydes is 1. The lowest BCUT2D eigenvalue weighted by molar-refractivity contribution is 0.0692. The van der Waals surface area contributed by atoms with Crippen molar-refractivity contribution in [1.82, 2.24) is 0 Å². The Kier molecular flexibility index (Phi) is 3.01. The number of aromatic carboxylic acids is 1. The molecule has 0 amide bonds. The molecule has 86 valence electrons. The first-order chi connectivity index (χ1) is 8.11. The van der Waals surface area contributed by atoms with E-state index in [9.17, 15) is 14.0 Å². The highest BCUT2D eigenvalue weighted by Crippen LogP contribution is 2.28. The van der Waals surface area contributed by atoms with Gasteiger partial charge in [0.15, 0.2) is 6.29 Å². The summed E-state index contributed by atoms with van der Waals surface area (Å²) in [6.07, 6.45) is 0.718. The van der Waals surface area contributed by atoms with E-state index in [4.69, 9.17) is 5.11 Å². The van der Waals surface area contributed by atoms with Gasteiger partial charge in [0.1, 0.15) is 5.82 Å². The molecule has 0 bridgehead atoms. The van der Waals surface area contributed by atoms with Gasteiger partial charge in [-0.3, -0.25) is 4.79 Å². The Balaban J connectivity index is 2.43. The van der Waals surface area contributed by atoms with Crippen LogP contribution in [0.25, 0.3) is 10.4 Å². The van der Waals surface area contributed by atoms with Crippen LogP contribution in [0.2, 0.25) is 0 Å². The van der Waals surface area contributed by atoms with E-state index in [2.05, 4.69) is 0 Å². The van der Waals surface area contributed by atoms with Crippen LogP contribution in [0.4, 0.5) is 4.39 Å². The molecular weight excluding hydrogens is 243 g/mol. The minimum Gasteiger partial charge on any atom is -0.478 e. The lowest BCUT2D eigenvalue weighted by atomic mass is 10.1. The van der Waals surface area contributed by atoms with Crippen molar-refractivity contribution in [2.75, 3.05) is 0 Å². The van der Waals surface area contributed by atoms with Crippen LogP contribution in [0.5, 0.6) is 0 Å². The second-order valence-electron chi connectivity index (χ2n) is 3.32. The molecule has 0 saturated heterocycles. The zero-order chi connectivity index (χ0) is 12.4. The van der Waals surface area contributed by atoms with E-state index in [0.717, 1.165) is 17.2 Å². The number of carboxylic acids is 1. The molecule has 1 heterocycles. The first-order valence-electron chi connectivity index (χ1n) is 4.70. The smallest absolute Gasteiger partial charge is 0.338 e. The average molecular weight is 250 g/mol. The largest absolute Gasteiger partial charge is 0.478 e. The molecule has 0 unspecified atom stereocenters. The lowest BCUT2D eigenvalue weighted by Gasteiger charge is -2.00. The maximum Gasteiger partial charge on any atom is 0.338 e.